The lowest BCUT2D eigenvalue weighted by Gasteiger charge is -2.02. The van der Waals surface area contributed by atoms with E-state index in [9.17, 15) is 9.59 Å². The Labute approximate surface area is 125 Å². The molecule has 1 rings (SSSR count). The van der Waals surface area contributed by atoms with Crippen LogP contribution in [0.2, 0.25) is 0 Å². The largest absolute Gasteiger partial charge is 0.462 e. The molecule has 0 fully saturated rings. The first kappa shape index (κ1) is 16.9. The second-order valence-corrected chi connectivity index (χ2v) is 5.28. The van der Waals surface area contributed by atoms with Gasteiger partial charge >= 0.3 is 5.97 Å². The Kier molecular flexibility index (Phi) is 6.14. The number of hydrogen-bond donors (Lipinski definition) is 2. The normalized spacial score (nSPS) is 11.1. The topological polar surface area (TPSA) is 83.6 Å². The Morgan fingerprint density at radius 1 is 1.38 bits per heavy atom. The number of carbonyl (C=O) groups is 2. The molecule has 0 saturated heterocycles. The Morgan fingerprint density at radius 3 is 2.62 bits per heavy atom. The molecule has 0 aromatic carbocycles. The summed E-state index contributed by atoms with van der Waals surface area (Å²) >= 11 is 0. The van der Waals surface area contributed by atoms with E-state index in [0.717, 1.165) is 11.3 Å². The van der Waals surface area contributed by atoms with Crippen LogP contribution in [-0.4, -0.2) is 29.7 Å². The molecule has 1 heterocycles. The highest BCUT2D eigenvalue weighted by Crippen LogP contribution is 2.17. The predicted molar refractivity (Wildman–Crippen MR) is 81.4 cm³/mol. The molecule has 0 aliphatic carbocycles. The molecular weight excluding hydrogens is 270 g/mol. The summed E-state index contributed by atoms with van der Waals surface area (Å²) in [6.45, 7) is 9.64. The minimum absolute atomic E-state index is 0.132. The van der Waals surface area contributed by atoms with Gasteiger partial charge in [-0.15, -0.1) is 0 Å². The number of nitrogens with zero attached hydrogens (tertiary/aromatic N) is 1. The number of amides is 1. The van der Waals surface area contributed by atoms with Crippen LogP contribution in [0.1, 0.15) is 54.5 Å². The van der Waals surface area contributed by atoms with Crippen LogP contribution >= 0.6 is 0 Å². The molecule has 6 heteroatoms. The summed E-state index contributed by atoms with van der Waals surface area (Å²) in [5.74, 6) is -0.204. The third kappa shape index (κ3) is 4.73. The van der Waals surface area contributed by atoms with Gasteiger partial charge in [0, 0.05) is 12.1 Å². The zero-order chi connectivity index (χ0) is 16.0. The predicted octanol–water partition coefficient (Wildman–Crippen LogP) is 2.30. The molecule has 116 valence electrons. The molecule has 0 aliphatic rings. The Balaban J connectivity index is 2.79. The molecule has 1 aromatic rings. The number of ether oxygens (including phenoxy) is 1. The highest BCUT2D eigenvalue weighted by Gasteiger charge is 2.18. The highest BCUT2D eigenvalue weighted by atomic mass is 16.5. The number of aromatic amines is 1. The lowest BCUT2D eigenvalue weighted by Crippen LogP contribution is -2.19. The van der Waals surface area contributed by atoms with Crippen molar-refractivity contribution in [2.24, 2.45) is 11.0 Å². The van der Waals surface area contributed by atoms with Gasteiger partial charge in [0.1, 0.15) is 0 Å². The van der Waals surface area contributed by atoms with Crippen LogP contribution < -0.4 is 5.43 Å². The lowest BCUT2D eigenvalue weighted by molar-refractivity contribution is -0.121. The van der Waals surface area contributed by atoms with Crippen LogP contribution in [0, 0.1) is 19.8 Å². The van der Waals surface area contributed by atoms with Crippen molar-refractivity contribution in [2.75, 3.05) is 6.61 Å². The van der Waals surface area contributed by atoms with Crippen molar-refractivity contribution in [1.82, 2.24) is 10.4 Å². The molecule has 1 amide bonds. The fourth-order valence-corrected chi connectivity index (χ4v) is 2.00. The maximum absolute atomic E-state index is 11.8. The van der Waals surface area contributed by atoms with Gasteiger partial charge in [0.25, 0.3) is 0 Å². The second kappa shape index (κ2) is 7.61. The number of nitrogens with one attached hydrogen (secondary N) is 2. The average molecular weight is 293 g/mol. The zero-order valence-corrected chi connectivity index (χ0v) is 13.2. The van der Waals surface area contributed by atoms with Gasteiger partial charge in [-0.25, -0.2) is 10.2 Å². The molecule has 0 unspecified atom stereocenters. The summed E-state index contributed by atoms with van der Waals surface area (Å²) < 4.78 is 5.02. The van der Waals surface area contributed by atoms with E-state index in [1.165, 1.54) is 6.21 Å². The van der Waals surface area contributed by atoms with Crippen LogP contribution in [0.5, 0.6) is 0 Å². The first-order valence-corrected chi connectivity index (χ1v) is 7.05. The third-order valence-electron chi connectivity index (χ3n) is 2.93. The van der Waals surface area contributed by atoms with Crippen molar-refractivity contribution in [1.29, 1.82) is 0 Å². The molecule has 0 atom stereocenters. The lowest BCUT2D eigenvalue weighted by atomic mass is 10.1. The monoisotopic (exact) mass is 293 g/mol. The van der Waals surface area contributed by atoms with Gasteiger partial charge in [-0.1, -0.05) is 13.8 Å². The van der Waals surface area contributed by atoms with Gasteiger partial charge in [-0.2, -0.15) is 5.10 Å². The summed E-state index contributed by atoms with van der Waals surface area (Å²) in [5, 5.41) is 3.91. The van der Waals surface area contributed by atoms with Crippen LogP contribution in [0.25, 0.3) is 0 Å². The Bertz CT molecular complexity index is 545. The van der Waals surface area contributed by atoms with Crippen molar-refractivity contribution in [3.63, 3.8) is 0 Å². The quantitative estimate of drug-likeness (QED) is 0.479. The molecule has 2 N–H and O–H groups in total. The number of aryl methyl sites for hydroxylation is 1. The molecule has 6 nitrogen and oxygen atoms in total. The van der Waals surface area contributed by atoms with Gasteiger partial charge in [0.15, 0.2) is 0 Å². The number of carbonyl (C=O) groups excluding carboxylic acids is 2. The fourth-order valence-electron chi connectivity index (χ4n) is 2.00. The summed E-state index contributed by atoms with van der Waals surface area (Å²) in [7, 11) is 0. The average Bonchev–Trinajstić information content (AvgIpc) is 2.64. The van der Waals surface area contributed by atoms with Gasteiger partial charge in [0.05, 0.1) is 24.1 Å². The van der Waals surface area contributed by atoms with Crippen molar-refractivity contribution >= 4 is 18.1 Å². The summed E-state index contributed by atoms with van der Waals surface area (Å²) in [5.41, 5.74) is 5.15. The van der Waals surface area contributed by atoms with Crippen LogP contribution in [0.3, 0.4) is 0 Å². The molecular formula is C15H23N3O3. The molecule has 0 spiro atoms. The minimum Gasteiger partial charge on any atom is -0.462 e. The number of aromatic nitrogens is 1. The van der Waals surface area contributed by atoms with E-state index in [1.807, 2.05) is 20.8 Å². The van der Waals surface area contributed by atoms with E-state index >= 15 is 0 Å². The van der Waals surface area contributed by atoms with Crippen molar-refractivity contribution in [3.05, 3.63) is 22.5 Å². The standard InChI is InChI=1S/C15H23N3O3/c1-6-21-15(20)14-10(4)12(17-11(14)5)8-16-18-13(19)7-9(2)3/h8-9,17H,6-7H2,1-5H3,(H,18,19)/b16-8+. The molecule has 1 aromatic heterocycles. The van der Waals surface area contributed by atoms with Crippen molar-refractivity contribution < 1.29 is 14.3 Å². The van der Waals surface area contributed by atoms with E-state index in [1.54, 1.807) is 13.8 Å². The molecule has 0 bridgehead atoms. The minimum atomic E-state index is -0.354. The SMILES string of the molecule is CCOC(=O)c1c(C)[nH]c(/C=N/NC(=O)CC(C)C)c1C. The number of esters is 1. The maximum Gasteiger partial charge on any atom is 0.340 e. The van der Waals surface area contributed by atoms with E-state index < -0.39 is 0 Å². The number of rotatable bonds is 6. The van der Waals surface area contributed by atoms with Crippen LogP contribution in [-0.2, 0) is 9.53 Å². The fraction of sp³-hybridized carbons (Fsp3) is 0.533. The van der Waals surface area contributed by atoms with Crippen LogP contribution in [0.4, 0.5) is 0 Å². The maximum atomic E-state index is 11.8. The molecule has 0 saturated carbocycles. The number of hydrogen-bond acceptors (Lipinski definition) is 4. The molecule has 0 radical (unpaired) electrons. The number of hydrazone groups is 1. The van der Waals surface area contributed by atoms with Crippen LogP contribution in [0.15, 0.2) is 5.10 Å². The van der Waals surface area contributed by atoms with E-state index in [-0.39, 0.29) is 17.8 Å². The van der Waals surface area contributed by atoms with E-state index in [2.05, 4.69) is 15.5 Å². The first-order valence-electron chi connectivity index (χ1n) is 7.05. The Morgan fingerprint density at radius 2 is 2.05 bits per heavy atom. The van der Waals surface area contributed by atoms with Crippen molar-refractivity contribution in [3.8, 4) is 0 Å². The van der Waals surface area contributed by atoms with Gasteiger partial charge in [-0.05, 0) is 32.3 Å². The summed E-state index contributed by atoms with van der Waals surface area (Å²) in [4.78, 5) is 26.4. The van der Waals surface area contributed by atoms with Gasteiger partial charge in [0.2, 0.25) is 5.91 Å². The molecule has 0 aliphatic heterocycles. The second-order valence-electron chi connectivity index (χ2n) is 5.28. The highest BCUT2D eigenvalue weighted by molar-refractivity contribution is 5.96. The number of H-pyrrole nitrogens is 1. The van der Waals surface area contributed by atoms with Gasteiger partial charge in [-0.3, -0.25) is 4.79 Å². The molecule has 21 heavy (non-hydrogen) atoms. The van der Waals surface area contributed by atoms with Gasteiger partial charge < -0.3 is 9.72 Å². The summed E-state index contributed by atoms with van der Waals surface area (Å²) in [6.07, 6.45) is 1.93. The third-order valence-corrected chi connectivity index (χ3v) is 2.93. The first-order chi connectivity index (χ1) is 9.86. The summed E-state index contributed by atoms with van der Waals surface area (Å²) in [6, 6.07) is 0. The van der Waals surface area contributed by atoms with Crippen molar-refractivity contribution in [2.45, 2.75) is 41.0 Å². The zero-order valence-electron chi connectivity index (χ0n) is 13.2. The van der Waals surface area contributed by atoms with E-state index in [4.69, 9.17) is 4.74 Å². The Hall–Kier alpha value is -2.11. The van der Waals surface area contributed by atoms with E-state index in [0.29, 0.717) is 24.3 Å². The smallest absolute Gasteiger partial charge is 0.340 e.